The van der Waals surface area contributed by atoms with E-state index in [2.05, 4.69) is 19.9 Å². The number of benzene rings is 1. The molecule has 208 valence electrons. The van der Waals surface area contributed by atoms with Gasteiger partial charge in [0.15, 0.2) is 0 Å². The summed E-state index contributed by atoms with van der Waals surface area (Å²) < 4.78 is 36.4. The topological polar surface area (TPSA) is 106 Å². The van der Waals surface area contributed by atoms with E-state index in [9.17, 15) is 23.5 Å². The van der Waals surface area contributed by atoms with Gasteiger partial charge in [-0.15, -0.1) is 0 Å². The molecule has 1 aromatic carbocycles. The Balaban J connectivity index is 1.53. The molecule has 3 aromatic rings. The number of fused-ring (bicyclic) bond motifs is 1. The summed E-state index contributed by atoms with van der Waals surface area (Å²) >= 11 is 0. The number of carbonyl (C=O) groups excluding carboxylic acids is 1. The number of ether oxygens (including phenoxy) is 2. The van der Waals surface area contributed by atoms with Crippen molar-refractivity contribution in [3.63, 3.8) is 0 Å². The Hall–Kier alpha value is -3.57. The number of halogens is 2. The van der Waals surface area contributed by atoms with Gasteiger partial charge in [0.2, 0.25) is 0 Å². The van der Waals surface area contributed by atoms with Crippen molar-refractivity contribution in [2.45, 2.75) is 51.3 Å². The van der Waals surface area contributed by atoms with Crippen LogP contribution in [0.3, 0.4) is 0 Å². The van der Waals surface area contributed by atoms with Gasteiger partial charge in [0.25, 0.3) is 11.5 Å². The summed E-state index contributed by atoms with van der Waals surface area (Å²) in [5.41, 5.74) is 0.606. The van der Waals surface area contributed by atoms with Crippen LogP contribution >= 0.6 is 0 Å². The molecule has 1 saturated heterocycles. The van der Waals surface area contributed by atoms with Crippen LogP contribution in [0.15, 0.2) is 41.3 Å². The van der Waals surface area contributed by atoms with E-state index in [1.54, 1.807) is 24.4 Å². The van der Waals surface area contributed by atoms with E-state index in [0.717, 1.165) is 45.2 Å². The molecular formula is C28H32F2N4O5. The summed E-state index contributed by atoms with van der Waals surface area (Å²) in [6, 6.07) is 7.64. The van der Waals surface area contributed by atoms with Gasteiger partial charge >= 0.3 is 6.61 Å². The summed E-state index contributed by atoms with van der Waals surface area (Å²) in [7, 11) is 0. The number of hydrogen-bond donors (Lipinski definition) is 2. The molecule has 0 atom stereocenters. The van der Waals surface area contributed by atoms with Gasteiger partial charge < -0.3 is 19.9 Å². The van der Waals surface area contributed by atoms with Crippen molar-refractivity contribution < 1.29 is 28.2 Å². The smallest absolute Gasteiger partial charge is 0.387 e. The normalized spacial score (nSPS) is 17.0. The third-order valence-electron chi connectivity index (χ3n) is 7.40. The average Bonchev–Trinajstić information content (AvgIpc) is 2.94. The number of carbonyl (C=O) groups is 1. The largest absolute Gasteiger partial charge is 0.506 e. The number of hydrogen-bond acceptors (Lipinski definition) is 7. The monoisotopic (exact) mass is 542 g/mol. The predicted octanol–water partition coefficient (Wildman–Crippen LogP) is 3.77. The van der Waals surface area contributed by atoms with Crippen molar-refractivity contribution in [2.75, 3.05) is 32.8 Å². The lowest BCUT2D eigenvalue weighted by atomic mass is 9.95. The van der Waals surface area contributed by atoms with Crippen molar-refractivity contribution in [1.82, 2.24) is 19.8 Å². The van der Waals surface area contributed by atoms with Crippen molar-refractivity contribution in [1.29, 1.82) is 0 Å². The van der Waals surface area contributed by atoms with Crippen molar-refractivity contribution in [3.8, 4) is 22.6 Å². The standard InChI is InChI=1S/C28H32F2N4O5/c29-28(30)39-21-8-6-18(7-9-21)19-16-22-24(35)23(26(36)32-20-4-2-1-3-5-20)27(37)34(25(22)31-17-19)11-10-33-12-14-38-15-13-33/h6-9,16-17,20,28,35H,1-5,10-15H2,(H,32,36). The molecular weight excluding hydrogens is 510 g/mol. The first-order valence-electron chi connectivity index (χ1n) is 13.3. The first-order chi connectivity index (χ1) is 18.9. The van der Waals surface area contributed by atoms with E-state index in [0.29, 0.717) is 30.9 Å². The molecule has 0 radical (unpaired) electrons. The number of rotatable bonds is 8. The molecule has 1 amide bonds. The first kappa shape index (κ1) is 27.0. The maximum atomic E-state index is 13.6. The molecule has 1 saturated carbocycles. The molecule has 2 N–H and O–H groups in total. The molecule has 11 heteroatoms. The van der Waals surface area contributed by atoms with Gasteiger partial charge in [0.05, 0.1) is 18.6 Å². The third kappa shape index (κ3) is 6.20. The number of aromatic hydroxyl groups is 1. The Morgan fingerprint density at radius 3 is 2.51 bits per heavy atom. The second-order valence-electron chi connectivity index (χ2n) is 9.94. The molecule has 2 fully saturated rings. The Labute approximate surface area is 224 Å². The highest BCUT2D eigenvalue weighted by molar-refractivity contribution is 6.02. The van der Waals surface area contributed by atoms with Gasteiger partial charge in [-0.1, -0.05) is 31.4 Å². The zero-order valence-electron chi connectivity index (χ0n) is 21.6. The van der Waals surface area contributed by atoms with Crippen molar-refractivity contribution in [2.24, 2.45) is 0 Å². The molecule has 2 aliphatic rings. The van der Waals surface area contributed by atoms with Gasteiger partial charge in [-0.3, -0.25) is 19.1 Å². The third-order valence-corrected chi connectivity index (χ3v) is 7.40. The maximum Gasteiger partial charge on any atom is 0.387 e. The number of nitrogens with one attached hydrogen (secondary N) is 1. The zero-order valence-corrected chi connectivity index (χ0v) is 21.6. The lowest BCUT2D eigenvalue weighted by Crippen LogP contribution is -2.42. The van der Waals surface area contributed by atoms with Crippen LogP contribution in [0, 0.1) is 0 Å². The highest BCUT2D eigenvalue weighted by Gasteiger charge is 2.26. The highest BCUT2D eigenvalue weighted by Crippen LogP contribution is 2.31. The molecule has 0 bridgehead atoms. The molecule has 1 aliphatic carbocycles. The Kier molecular flexibility index (Phi) is 8.37. The van der Waals surface area contributed by atoms with Gasteiger partial charge in [-0.25, -0.2) is 4.98 Å². The molecule has 9 nitrogen and oxygen atoms in total. The average molecular weight is 543 g/mol. The fourth-order valence-electron chi connectivity index (χ4n) is 5.28. The van der Waals surface area contributed by atoms with E-state index in [1.807, 2.05) is 0 Å². The quantitative estimate of drug-likeness (QED) is 0.447. The molecule has 5 rings (SSSR count). The highest BCUT2D eigenvalue weighted by atomic mass is 19.3. The van der Waals surface area contributed by atoms with E-state index in [1.165, 1.54) is 16.7 Å². The van der Waals surface area contributed by atoms with Crippen molar-refractivity contribution >= 4 is 16.9 Å². The number of amides is 1. The van der Waals surface area contributed by atoms with Crippen LogP contribution in [0.2, 0.25) is 0 Å². The summed E-state index contributed by atoms with van der Waals surface area (Å²) in [5, 5.41) is 14.4. The number of pyridine rings is 2. The van der Waals surface area contributed by atoms with Crippen molar-refractivity contribution in [3.05, 3.63) is 52.4 Å². The van der Waals surface area contributed by atoms with Crippen LogP contribution in [0.25, 0.3) is 22.2 Å². The predicted molar refractivity (Wildman–Crippen MR) is 141 cm³/mol. The van der Waals surface area contributed by atoms with E-state index >= 15 is 0 Å². The van der Waals surface area contributed by atoms with Gasteiger partial charge in [-0.2, -0.15) is 8.78 Å². The molecule has 0 spiro atoms. The summed E-state index contributed by atoms with van der Waals surface area (Å²) in [6.45, 7) is 0.618. The van der Waals surface area contributed by atoms with E-state index < -0.39 is 23.8 Å². The van der Waals surface area contributed by atoms with E-state index in [-0.39, 0.29) is 34.9 Å². The Bertz CT molecular complexity index is 1370. The molecule has 3 heterocycles. The maximum absolute atomic E-state index is 13.6. The number of aromatic nitrogens is 2. The zero-order chi connectivity index (χ0) is 27.4. The lowest BCUT2D eigenvalue weighted by molar-refractivity contribution is -0.0498. The van der Waals surface area contributed by atoms with Crippen LogP contribution in [0.1, 0.15) is 42.5 Å². The number of morpholine rings is 1. The lowest BCUT2D eigenvalue weighted by Gasteiger charge is -2.27. The molecule has 39 heavy (non-hydrogen) atoms. The van der Waals surface area contributed by atoms with E-state index in [4.69, 9.17) is 4.74 Å². The number of alkyl halides is 2. The second-order valence-corrected chi connectivity index (χ2v) is 9.94. The van der Waals surface area contributed by atoms with Crippen LogP contribution in [-0.2, 0) is 11.3 Å². The summed E-state index contributed by atoms with van der Waals surface area (Å²) in [4.78, 5) is 33.6. The minimum atomic E-state index is -2.93. The fourth-order valence-corrected chi connectivity index (χ4v) is 5.28. The van der Waals surface area contributed by atoms with Gasteiger partial charge in [0.1, 0.15) is 22.7 Å². The number of nitrogens with zero attached hydrogens (tertiary/aromatic N) is 3. The second kappa shape index (κ2) is 12.1. The Morgan fingerprint density at radius 2 is 1.82 bits per heavy atom. The minimum absolute atomic E-state index is 0.0176. The SMILES string of the molecule is O=C(NC1CCCCC1)c1c(O)c2cc(-c3ccc(OC(F)F)cc3)cnc2n(CCN2CCOCC2)c1=O. The summed E-state index contributed by atoms with van der Waals surface area (Å²) in [6.07, 6.45) is 6.35. The minimum Gasteiger partial charge on any atom is -0.506 e. The first-order valence-corrected chi connectivity index (χ1v) is 13.3. The van der Waals surface area contributed by atoms with Gasteiger partial charge in [0, 0.05) is 44.0 Å². The molecule has 1 aliphatic heterocycles. The Morgan fingerprint density at radius 1 is 1.10 bits per heavy atom. The van der Waals surface area contributed by atoms with Crippen LogP contribution in [0.5, 0.6) is 11.5 Å². The fraction of sp³-hybridized carbons (Fsp3) is 0.464. The summed E-state index contributed by atoms with van der Waals surface area (Å²) in [5.74, 6) is -0.993. The van der Waals surface area contributed by atoms with Crippen LogP contribution in [-0.4, -0.2) is 71.0 Å². The van der Waals surface area contributed by atoms with Crippen LogP contribution < -0.4 is 15.6 Å². The van der Waals surface area contributed by atoms with Gasteiger partial charge in [-0.05, 0) is 36.6 Å². The van der Waals surface area contributed by atoms with Crippen LogP contribution in [0.4, 0.5) is 8.78 Å². The molecule has 0 unspecified atom stereocenters. The molecule has 2 aromatic heterocycles.